The molecule has 2 aromatic rings. The molecule has 0 radical (unpaired) electrons. The predicted molar refractivity (Wildman–Crippen MR) is 77.4 cm³/mol. The molecule has 0 aliphatic carbocycles. The molecule has 1 unspecified atom stereocenters. The Bertz CT molecular complexity index is 635. The van der Waals surface area contributed by atoms with Gasteiger partial charge in [0.25, 0.3) is 0 Å². The highest BCUT2D eigenvalue weighted by Crippen LogP contribution is 2.40. The van der Waals surface area contributed by atoms with Gasteiger partial charge in [-0.1, -0.05) is 33.6 Å². The van der Waals surface area contributed by atoms with Crippen molar-refractivity contribution in [2.24, 2.45) is 0 Å². The summed E-state index contributed by atoms with van der Waals surface area (Å²) < 4.78 is 20.5. The predicted octanol–water partition coefficient (Wildman–Crippen LogP) is 4.79. The lowest BCUT2D eigenvalue weighted by Crippen LogP contribution is -2.24. The molecule has 0 spiro atoms. The zero-order valence-electron chi connectivity index (χ0n) is 9.79. The Hall–Kier alpha value is -1.26. The van der Waals surface area contributed by atoms with Crippen LogP contribution in [0.25, 0.3) is 0 Å². The fraction of sp³-hybridized carbons (Fsp3) is 0.143. The summed E-state index contributed by atoms with van der Waals surface area (Å²) in [7, 11) is 0. The van der Waals surface area contributed by atoms with E-state index in [4.69, 9.17) is 16.3 Å². The monoisotopic (exact) mass is 341 g/mol. The summed E-state index contributed by atoms with van der Waals surface area (Å²) in [4.78, 5) is 0. The summed E-state index contributed by atoms with van der Waals surface area (Å²) in [6.45, 7) is 0.501. The Kier molecular flexibility index (Phi) is 3.37. The summed E-state index contributed by atoms with van der Waals surface area (Å²) in [5.41, 5.74) is 1.34. The normalized spacial score (nSPS) is 17.3. The van der Waals surface area contributed by atoms with E-state index in [9.17, 15) is 4.39 Å². The third-order valence-corrected chi connectivity index (χ3v) is 3.80. The minimum Gasteiger partial charge on any atom is -0.480 e. The molecule has 2 aromatic carbocycles. The summed E-state index contributed by atoms with van der Waals surface area (Å²) in [6, 6.07) is 10.3. The second kappa shape index (κ2) is 5.02. The van der Waals surface area contributed by atoms with Crippen LogP contribution in [0, 0.1) is 5.82 Å². The van der Waals surface area contributed by atoms with Gasteiger partial charge in [0.15, 0.2) is 5.75 Å². The van der Waals surface area contributed by atoms with Gasteiger partial charge >= 0.3 is 0 Å². The lowest BCUT2D eigenvalue weighted by atomic mass is 10.1. The summed E-state index contributed by atoms with van der Waals surface area (Å²) in [5.74, 6) is 0.283. The number of anilines is 1. The summed E-state index contributed by atoms with van der Waals surface area (Å²) in [6.07, 6.45) is -0.398. The van der Waals surface area contributed by atoms with Crippen molar-refractivity contribution in [3.05, 3.63) is 57.3 Å². The first-order chi connectivity index (χ1) is 9.15. The van der Waals surface area contributed by atoms with E-state index in [0.29, 0.717) is 22.9 Å². The zero-order chi connectivity index (χ0) is 13.4. The van der Waals surface area contributed by atoms with Gasteiger partial charge in [0, 0.05) is 10.0 Å². The highest BCUT2D eigenvalue weighted by Gasteiger charge is 2.25. The highest BCUT2D eigenvalue weighted by atomic mass is 79.9. The molecule has 0 aromatic heterocycles. The first-order valence-corrected chi connectivity index (χ1v) is 6.96. The van der Waals surface area contributed by atoms with Crippen molar-refractivity contribution < 1.29 is 9.13 Å². The number of rotatable bonds is 1. The second-order valence-electron chi connectivity index (χ2n) is 4.27. The molecule has 1 N–H and O–H groups in total. The van der Waals surface area contributed by atoms with Crippen molar-refractivity contribution in [2.45, 2.75) is 6.10 Å². The van der Waals surface area contributed by atoms with E-state index < -0.39 is 6.10 Å². The standard InChI is InChI=1S/C14H10BrClFNO/c15-8-4-5-11(17)9(6-8)13-7-18-12-3-1-2-10(16)14(12)19-13/h1-6,13,18H,7H2. The molecule has 1 atom stereocenters. The average molecular weight is 343 g/mol. The lowest BCUT2D eigenvalue weighted by Gasteiger charge is -2.28. The van der Waals surface area contributed by atoms with Gasteiger partial charge in [-0.2, -0.15) is 0 Å². The van der Waals surface area contributed by atoms with Crippen molar-refractivity contribution in [3.8, 4) is 5.75 Å². The third kappa shape index (κ3) is 2.42. The van der Waals surface area contributed by atoms with Gasteiger partial charge in [0.05, 0.1) is 17.3 Å². The maximum atomic E-state index is 13.9. The van der Waals surface area contributed by atoms with Gasteiger partial charge in [-0.3, -0.25) is 0 Å². The summed E-state index contributed by atoms with van der Waals surface area (Å²) in [5, 5.41) is 3.73. The molecule has 3 rings (SSSR count). The summed E-state index contributed by atoms with van der Waals surface area (Å²) >= 11 is 9.44. The Morgan fingerprint density at radius 2 is 2.16 bits per heavy atom. The van der Waals surface area contributed by atoms with E-state index in [0.717, 1.165) is 10.2 Å². The molecule has 0 bridgehead atoms. The number of nitrogens with one attached hydrogen (secondary N) is 1. The molecular weight excluding hydrogens is 333 g/mol. The minimum atomic E-state index is -0.398. The van der Waals surface area contributed by atoms with Crippen LogP contribution in [0.15, 0.2) is 40.9 Å². The number of ether oxygens (including phenoxy) is 1. The van der Waals surface area contributed by atoms with Crippen molar-refractivity contribution in [1.82, 2.24) is 0 Å². The lowest BCUT2D eigenvalue weighted by molar-refractivity contribution is 0.205. The fourth-order valence-corrected chi connectivity index (χ4v) is 2.69. The first-order valence-electron chi connectivity index (χ1n) is 5.79. The van der Waals surface area contributed by atoms with Crippen LogP contribution in [-0.4, -0.2) is 6.54 Å². The molecule has 1 aliphatic heterocycles. The third-order valence-electron chi connectivity index (χ3n) is 3.01. The van der Waals surface area contributed by atoms with E-state index in [2.05, 4.69) is 21.2 Å². The van der Waals surface area contributed by atoms with Gasteiger partial charge < -0.3 is 10.1 Å². The van der Waals surface area contributed by atoms with Crippen LogP contribution in [-0.2, 0) is 0 Å². The average Bonchev–Trinajstić information content (AvgIpc) is 2.42. The van der Waals surface area contributed by atoms with E-state index >= 15 is 0 Å². The number of para-hydroxylation sites is 1. The molecule has 98 valence electrons. The van der Waals surface area contributed by atoms with Gasteiger partial charge in [-0.15, -0.1) is 0 Å². The van der Waals surface area contributed by atoms with Crippen molar-refractivity contribution in [1.29, 1.82) is 0 Å². The molecule has 1 heterocycles. The molecule has 5 heteroatoms. The van der Waals surface area contributed by atoms with Gasteiger partial charge in [0.1, 0.15) is 11.9 Å². The van der Waals surface area contributed by atoms with Gasteiger partial charge in [-0.05, 0) is 30.3 Å². The van der Waals surface area contributed by atoms with E-state index in [-0.39, 0.29) is 5.82 Å². The molecular formula is C14H10BrClFNO. The maximum Gasteiger partial charge on any atom is 0.162 e. The Morgan fingerprint density at radius 3 is 3.00 bits per heavy atom. The molecule has 19 heavy (non-hydrogen) atoms. The smallest absolute Gasteiger partial charge is 0.162 e. The van der Waals surface area contributed by atoms with Crippen LogP contribution >= 0.6 is 27.5 Å². The van der Waals surface area contributed by atoms with Crippen molar-refractivity contribution in [2.75, 3.05) is 11.9 Å². The van der Waals surface area contributed by atoms with E-state index in [1.807, 2.05) is 12.1 Å². The van der Waals surface area contributed by atoms with E-state index in [1.165, 1.54) is 6.07 Å². The second-order valence-corrected chi connectivity index (χ2v) is 5.59. The van der Waals surface area contributed by atoms with Crippen LogP contribution in [0.3, 0.4) is 0 Å². The van der Waals surface area contributed by atoms with Crippen molar-refractivity contribution in [3.63, 3.8) is 0 Å². The Morgan fingerprint density at radius 1 is 1.32 bits per heavy atom. The van der Waals surface area contributed by atoms with Crippen molar-refractivity contribution >= 4 is 33.2 Å². The van der Waals surface area contributed by atoms with E-state index in [1.54, 1.807) is 18.2 Å². The number of halogens is 3. The molecule has 0 fully saturated rings. The Balaban J connectivity index is 1.97. The quantitative estimate of drug-likeness (QED) is 0.805. The maximum absolute atomic E-state index is 13.9. The van der Waals surface area contributed by atoms with Crippen LogP contribution in [0.1, 0.15) is 11.7 Å². The Labute approximate surface area is 123 Å². The highest BCUT2D eigenvalue weighted by molar-refractivity contribution is 9.10. The minimum absolute atomic E-state index is 0.287. The zero-order valence-corrected chi connectivity index (χ0v) is 12.1. The topological polar surface area (TPSA) is 21.3 Å². The molecule has 2 nitrogen and oxygen atoms in total. The SMILES string of the molecule is Fc1ccc(Br)cc1C1CNc2cccc(Cl)c2O1. The van der Waals surface area contributed by atoms with Crippen LogP contribution in [0.5, 0.6) is 5.75 Å². The van der Waals surface area contributed by atoms with Crippen LogP contribution in [0.2, 0.25) is 5.02 Å². The van der Waals surface area contributed by atoms with Gasteiger partial charge in [-0.25, -0.2) is 4.39 Å². The van der Waals surface area contributed by atoms with Crippen LogP contribution < -0.4 is 10.1 Å². The van der Waals surface area contributed by atoms with Gasteiger partial charge in [0.2, 0.25) is 0 Å². The molecule has 0 amide bonds. The fourth-order valence-electron chi connectivity index (χ4n) is 2.09. The molecule has 1 aliphatic rings. The van der Waals surface area contributed by atoms with Crippen LogP contribution in [0.4, 0.5) is 10.1 Å². The number of hydrogen-bond donors (Lipinski definition) is 1. The largest absolute Gasteiger partial charge is 0.480 e. The molecule has 0 saturated carbocycles. The number of hydrogen-bond acceptors (Lipinski definition) is 2. The number of fused-ring (bicyclic) bond motifs is 1. The first kappa shape index (κ1) is 12.8. The molecule has 0 saturated heterocycles. The number of benzene rings is 2.